The van der Waals surface area contributed by atoms with Crippen molar-refractivity contribution in [3.05, 3.63) is 51.9 Å². The number of hydrogen-bond donors (Lipinski definition) is 1. The fourth-order valence-electron chi connectivity index (χ4n) is 1.74. The lowest BCUT2D eigenvalue weighted by atomic mass is 10.2. The zero-order valence-electron chi connectivity index (χ0n) is 11.7. The molecule has 0 saturated heterocycles. The van der Waals surface area contributed by atoms with E-state index in [0.29, 0.717) is 11.8 Å². The van der Waals surface area contributed by atoms with Crippen LogP contribution in [-0.2, 0) is 6.42 Å². The van der Waals surface area contributed by atoms with Crippen molar-refractivity contribution in [1.29, 1.82) is 0 Å². The number of thioether (sulfide) groups is 1. The first-order chi connectivity index (χ1) is 9.67. The summed E-state index contributed by atoms with van der Waals surface area (Å²) in [6.45, 7) is 4.51. The van der Waals surface area contributed by atoms with Crippen LogP contribution < -0.4 is 10.3 Å². The highest BCUT2D eigenvalue weighted by atomic mass is 32.2. The maximum Gasteiger partial charge on any atom is 0.251 e. The van der Waals surface area contributed by atoms with Crippen LogP contribution in [0.1, 0.15) is 18.2 Å². The van der Waals surface area contributed by atoms with Gasteiger partial charge in [0.15, 0.2) is 5.16 Å². The second kappa shape index (κ2) is 7.14. The van der Waals surface area contributed by atoms with Gasteiger partial charge in [-0.05, 0) is 31.0 Å². The van der Waals surface area contributed by atoms with Crippen molar-refractivity contribution in [2.75, 3.05) is 12.4 Å². The van der Waals surface area contributed by atoms with Gasteiger partial charge in [0.2, 0.25) is 0 Å². The molecule has 2 aromatic rings. The third-order valence-electron chi connectivity index (χ3n) is 2.77. The van der Waals surface area contributed by atoms with E-state index >= 15 is 0 Å². The first-order valence-corrected chi connectivity index (χ1v) is 7.58. The van der Waals surface area contributed by atoms with E-state index in [1.165, 1.54) is 23.4 Å². The van der Waals surface area contributed by atoms with Crippen LogP contribution in [0.5, 0.6) is 5.75 Å². The lowest BCUT2D eigenvalue weighted by molar-refractivity contribution is 0.344. The van der Waals surface area contributed by atoms with E-state index in [9.17, 15) is 4.79 Å². The van der Waals surface area contributed by atoms with Gasteiger partial charge in [0.1, 0.15) is 5.75 Å². The van der Waals surface area contributed by atoms with Crippen LogP contribution >= 0.6 is 11.8 Å². The molecule has 2 rings (SSSR count). The summed E-state index contributed by atoms with van der Waals surface area (Å²) in [6, 6.07) is 9.59. The molecule has 20 heavy (non-hydrogen) atoms. The number of nitrogens with one attached hydrogen (secondary N) is 1. The number of aromatic nitrogens is 2. The molecule has 0 spiro atoms. The van der Waals surface area contributed by atoms with Crippen LogP contribution in [0.15, 0.2) is 40.3 Å². The number of ether oxygens (including phenoxy) is 1. The van der Waals surface area contributed by atoms with E-state index in [-0.39, 0.29) is 5.56 Å². The van der Waals surface area contributed by atoms with E-state index in [1.54, 1.807) is 0 Å². The number of H-pyrrole nitrogens is 1. The molecule has 0 atom stereocenters. The highest BCUT2D eigenvalue weighted by Crippen LogP contribution is 2.15. The molecule has 0 aliphatic heterocycles. The quantitative estimate of drug-likeness (QED) is 0.505. The van der Waals surface area contributed by atoms with Crippen LogP contribution in [0.3, 0.4) is 0 Å². The highest BCUT2D eigenvalue weighted by Gasteiger charge is 2.00. The van der Waals surface area contributed by atoms with Gasteiger partial charge in [-0.2, -0.15) is 0 Å². The van der Waals surface area contributed by atoms with Crippen LogP contribution in [0.2, 0.25) is 0 Å². The summed E-state index contributed by atoms with van der Waals surface area (Å²) >= 11 is 1.48. The fraction of sp³-hybridized carbons (Fsp3) is 0.333. The Balaban J connectivity index is 1.79. The third-order valence-corrected chi connectivity index (χ3v) is 3.61. The molecule has 5 heteroatoms. The number of hydrogen-bond acceptors (Lipinski definition) is 4. The fourth-order valence-corrected chi connectivity index (χ4v) is 2.48. The summed E-state index contributed by atoms with van der Waals surface area (Å²) in [5.74, 6) is 1.61. The van der Waals surface area contributed by atoms with Crippen molar-refractivity contribution in [3.63, 3.8) is 0 Å². The molecular formula is C15H18N2O2S. The highest BCUT2D eigenvalue weighted by molar-refractivity contribution is 7.99. The monoisotopic (exact) mass is 290 g/mol. The Bertz CT molecular complexity index is 608. The summed E-state index contributed by atoms with van der Waals surface area (Å²) < 4.78 is 5.65. The van der Waals surface area contributed by atoms with E-state index in [0.717, 1.165) is 23.6 Å². The van der Waals surface area contributed by atoms with Crippen LogP contribution in [0.25, 0.3) is 0 Å². The van der Waals surface area contributed by atoms with E-state index in [4.69, 9.17) is 4.74 Å². The van der Waals surface area contributed by atoms with Gasteiger partial charge in [0.25, 0.3) is 5.56 Å². The van der Waals surface area contributed by atoms with Crippen LogP contribution in [0.4, 0.5) is 0 Å². The second-order valence-electron chi connectivity index (χ2n) is 4.39. The molecule has 1 heterocycles. The molecule has 0 radical (unpaired) electrons. The largest absolute Gasteiger partial charge is 0.493 e. The third kappa shape index (κ3) is 4.42. The molecule has 0 aliphatic carbocycles. The van der Waals surface area contributed by atoms with E-state index in [1.807, 2.05) is 19.1 Å². The maximum atomic E-state index is 11.3. The molecule has 4 nitrogen and oxygen atoms in total. The van der Waals surface area contributed by atoms with Gasteiger partial charge in [0, 0.05) is 17.5 Å². The first-order valence-electron chi connectivity index (χ1n) is 6.60. The van der Waals surface area contributed by atoms with Crippen LogP contribution in [0, 0.1) is 6.92 Å². The molecule has 1 aromatic heterocycles. The molecule has 0 unspecified atom stereocenters. The molecule has 1 aromatic carbocycles. The van der Waals surface area contributed by atoms with Crippen molar-refractivity contribution in [1.82, 2.24) is 9.97 Å². The van der Waals surface area contributed by atoms with Crippen molar-refractivity contribution < 1.29 is 4.74 Å². The predicted molar refractivity (Wildman–Crippen MR) is 81.6 cm³/mol. The Morgan fingerprint density at radius 2 is 2.05 bits per heavy atom. The molecule has 0 saturated carbocycles. The SMILES string of the molecule is CCc1ccc(OCCSc2nc(C)cc(=O)[nH]2)cc1. The predicted octanol–water partition coefficient (Wildman–Crippen LogP) is 2.81. The van der Waals surface area contributed by atoms with Crippen LogP contribution in [-0.4, -0.2) is 22.3 Å². The summed E-state index contributed by atoms with van der Waals surface area (Å²) in [7, 11) is 0. The molecular weight excluding hydrogens is 272 g/mol. The lowest BCUT2D eigenvalue weighted by Gasteiger charge is -2.06. The standard InChI is InChI=1S/C15H18N2O2S/c1-3-12-4-6-13(7-5-12)19-8-9-20-15-16-11(2)10-14(18)17-15/h4-7,10H,3,8-9H2,1-2H3,(H,16,17,18). The van der Waals surface area contributed by atoms with Gasteiger partial charge in [-0.1, -0.05) is 30.8 Å². The van der Waals surface area contributed by atoms with Crippen molar-refractivity contribution in [3.8, 4) is 5.75 Å². The minimum absolute atomic E-state index is 0.115. The zero-order valence-corrected chi connectivity index (χ0v) is 12.5. The number of rotatable bonds is 6. The Morgan fingerprint density at radius 1 is 1.30 bits per heavy atom. The Morgan fingerprint density at radius 3 is 2.70 bits per heavy atom. The maximum absolute atomic E-state index is 11.3. The molecule has 0 aliphatic rings. The summed E-state index contributed by atoms with van der Waals surface area (Å²) in [5.41, 5.74) is 1.91. The van der Waals surface area contributed by atoms with Gasteiger partial charge in [-0.3, -0.25) is 4.79 Å². The summed E-state index contributed by atoms with van der Waals surface area (Å²) in [6.07, 6.45) is 1.03. The average molecular weight is 290 g/mol. The molecule has 1 N–H and O–H groups in total. The van der Waals surface area contributed by atoms with Gasteiger partial charge in [0.05, 0.1) is 6.61 Å². The minimum Gasteiger partial charge on any atom is -0.493 e. The molecule has 0 fully saturated rings. The number of nitrogens with zero attached hydrogens (tertiary/aromatic N) is 1. The van der Waals surface area contributed by atoms with Gasteiger partial charge >= 0.3 is 0 Å². The van der Waals surface area contributed by atoms with E-state index < -0.39 is 0 Å². The average Bonchev–Trinajstić information content (AvgIpc) is 2.43. The Hall–Kier alpha value is -1.75. The smallest absolute Gasteiger partial charge is 0.251 e. The van der Waals surface area contributed by atoms with Gasteiger partial charge in [-0.25, -0.2) is 4.98 Å². The lowest BCUT2D eigenvalue weighted by Crippen LogP contribution is -2.09. The summed E-state index contributed by atoms with van der Waals surface area (Å²) in [4.78, 5) is 18.2. The zero-order chi connectivity index (χ0) is 14.4. The number of aromatic amines is 1. The topological polar surface area (TPSA) is 55.0 Å². The molecule has 0 amide bonds. The number of aryl methyl sites for hydroxylation is 2. The Labute approximate surface area is 122 Å². The van der Waals surface area contributed by atoms with Crippen molar-refractivity contribution in [2.45, 2.75) is 25.4 Å². The molecule has 106 valence electrons. The molecule has 0 bridgehead atoms. The summed E-state index contributed by atoms with van der Waals surface area (Å²) in [5, 5.41) is 0.639. The normalized spacial score (nSPS) is 10.5. The van der Waals surface area contributed by atoms with Crippen molar-refractivity contribution >= 4 is 11.8 Å². The second-order valence-corrected chi connectivity index (χ2v) is 5.47. The van der Waals surface area contributed by atoms with Gasteiger partial charge in [-0.15, -0.1) is 0 Å². The van der Waals surface area contributed by atoms with Crippen molar-refractivity contribution in [2.24, 2.45) is 0 Å². The van der Waals surface area contributed by atoms with E-state index in [2.05, 4.69) is 29.0 Å². The Kier molecular flexibility index (Phi) is 5.24. The van der Waals surface area contributed by atoms with Gasteiger partial charge < -0.3 is 9.72 Å². The first kappa shape index (κ1) is 14.7. The minimum atomic E-state index is -0.115. The number of benzene rings is 1.